The van der Waals surface area contributed by atoms with E-state index in [1.165, 1.54) is 13.3 Å². The highest BCUT2D eigenvalue weighted by molar-refractivity contribution is 5.59. The van der Waals surface area contributed by atoms with Crippen molar-refractivity contribution in [3.05, 3.63) is 89.2 Å². The van der Waals surface area contributed by atoms with Gasteiger partial charge in [0.15, 0.2) is 11.2 Å². The van der Waals surface area contributed by atoms with Crippen LogP contribution in [0.25, 0.3) is 0 Å². The van der Waals surface area contributed by atoms with Crippen molar-refractivity contribution >= 4 is 0 Å². The molecule has 1 saturated carbocycles. The molecule has 2 unspecified atom stereocenters. The fourth-order valence-corrected chi connectivity index (χ4v) is 6.31. The van der Waals surface area contributed by atoms with Gasteiger partial charge in [0.2, 0.25) is 0 Å². The van der Waals surface area contributed by atoms with Crippen LogP contribution in [0, 0.1) is 17.2 Å². The topological polar surface area (TPSA) is 98.8 Å². The minimum absolute atomic E-state index is 0.361. The van der Waals surface area contributed by atoms with Crippen LogP contribution in [-0.2, 0) is 11.2 Å². The Bertz CT molecular complexity index is 1270. The van der Waals surface area contributed by atoms with Crippen molar-refractivity contribution in [1.29, 1.82) is 5.26 Å². The van der Waals surface area contributed by atoms with Crippen LogP contribution in [-0.4, -0.2) is 52.9 Å². The Morgan fingerprint density at radius 3 is 2.39 bits per heavy atom. The second-order valence-electron chi connectivity index (χ2n) is 9.49. The predicted molar refractivity (Wildman–Crippen MR) is 135 cm³/mol. The molecule has 1 fully saturated rings. The summed E-state index contributed by atoms with van der Waals surface area (Å²) < 4.78 is 12.4. The van der Waals surface area contributed by atoms with Gasteiger partial charge in [0.1, 0.15) is 11.5 Å². The van der Waals surface area contributed by atoms with E-state index in [9.17, 15) is 15.5 Å². The highest BCUT2D eigenvalue weighted by atomic mass is 16.5. The number of aromatic nitrogens is 1. The summed E-state index contributed by atoms with van der Waals surface area (Å²) in [6.45, 7) is 6.38. The molecule has 2 heterocycles. The Morgan fingerprint density at radius 1 is 1.08 bits per heavy atom. The zero-order valence-electron chi connectivity index (χ0n) is 20.8. The maximum absolute atomic E-state index is 12.8. The average molecular weight is 486 g/mol. The summed E-state index contributed by atoms with van der Waals surface area (Å²) in [7, 11) is 1.52. The maximum Gasteiger partial charge on any atom is 0.177 e. The van der Waals surface area contributed by atoms with E-state index in [4.69, 9.17) is 9.47 Å². The maximum atomic E-state index is 12.8. The van der Waals surface area contributed by atoms with Gasteiger partial charge in [-0.3, -0.25) is 4.98 Å². The number of ether oxygens (including phenoxy) is 2. The third-order valence-electron chi connectivity index (χ3n) is 7.98. The number of fused-ring (bicyclic) bond motifs is 3. The first-order chi connectivity index (χ1) is 17.5. The van der Waals surface area contributed by atoms with Crippen molar-refractivity contribution in [2.75, 3.05) is 26.7 Å². The van der Waals surface area contributed by atoms with Gasteiger partial charge in [-0.15, -0.1) is 0 Å². The molecule has 0 spiro atoms. The Kier molecular flexibility index (Phi) is 6.21. The number of nitriles is 1. The number of benzene rings is 2. The molecule has 7 heteroatoms. The van der Waals surface area contributed by atoms with Gasteiger partial charge in [-0.25, -0.2) is 0 Å². The molecule has 186 valence electrons. The van der Waals surface area contributed by atoms with E-state index >= 15 is 0 Å². The van der Waals surface area contributed by atoms with Crippen molar-refractivity contribution in [2.45, 2.75) is 37.1 Å². The first kappa shape index (κ1) is 24.3. The number of hydrogen-bond acceptors (Lipinski definition) is 7. The normalized spacial score (nSPS) is 28.3. The highest BCUT2D eigenvalue weighted by Gasteiger charge is 2.76. The van der Waals surface area contributed by atoms with Gasteiger partial charge in [-0.1, -0.05) is 56.3 Å². The minimum Gasteiger partial charge on any atom is -0.495 e. The predicted octanol–water partition coefficient (Wildman–Crippen LogP) is 3.55. The van der Waals surface area contributed by atoms with Crippen LogP contribution >= 0.6 is 0 Å². The number of nitrogens with zero attached hydrogens (tertiary/aromatic N) is 3. The monoisotopic (exact) mass is 485 g/mol. The molecule has 0 radical (unpaired) electrons. The Labute approximate surface area is 211 Å². The SMILES string of the molecule is CCN(CC)C[C@@H]1C(c2ccccc2)C2(c3ccc(C#N)cc3)Oc3cncc(OC)c3[C@]2(O)[C@@H]1O. The number of rotatable bonds is 7. The van der Waals surface area contributed by atoms with Crippen LogP contribution in [0.15, 0.2) is 67.0 Å². The van der Waals surface area contributed by atoms with Gasteiger partial charge in [-0.05, 0) is 36.3 Å². The quantitative estimate of drug-likeness (QED) is 0.528. The van der Waals surface area contributed by atoms with Crippen molar-refractivity contribution in [2.24, 2.45) is 5.92 Å². The Balaban J connectivity index is 1.83. The molecule has 0 saturated heterocycles. The van der Waals surface area contributed by atoms with Gasteiger partial charge >= 0.3 is 0 Å². The number of hydrogen-bond donors (Lipinski definition) is 2. The molecule has 1 aliphatic carbocycles. The summed E-state index contributed by atoms with van der Waals surface area (Å²) in [5, 5.41) is 34.3. The van der Waals surface area contributed by atoms with E-state index < -0.39 is 23.2 Å². The second-order valence-corrected chi connectivity index (χ2v) is 9.49. The molecule has 5 atom stereocenters. The zero-order valence-corrected chi connectivity index (χ0v) is 20.8. The molecular formula is C29H31N3O4. The number of methoxy groups -OCH3 is 1. The van der Waals surface area contributed by atoms with Crippen LogP contribution in [0.4, 0.5) is 0 Å². The van der Waals surface area contributed by atoms with Crippen molar-refractivity contribution in [3.8, 4) is 17.6 Å². The number of pyridine rings is 1. The summed E-state index contributed by atoms with van der Waals surface area (Å²) in [6, 6.07) is 19.1. The summed E-state index contributed by atoms with van der Waals surface area (Å²) in [4.78, 5) is 6.52. The number of aliphatic hydroxyl groups excluding tert-OH is 1. The van der Waals surface area contributed by atoms with Gasteiger partial charge in [0, 0.05) is 18.4 Å². The molecule has 2 N–H and O–H groups in total. The lowest BCUT2D eigenvalue weighted by atomic mass is 9.70. The minimum atomic E-state index is -1.83. The van der Waals surface area contributed by atoms with Gasteiger partial charge in [0.05, 0.1) is 42.8 Å². The van der Waals surface area contributed by atoms with Crippen LogP contribution in [0.1, 0.15) is 42.0 Å². The Hall–Kier alpha value is -3.44. The fraction of sp³-hybridized carbons (Fsp3) is 0.379. The van der Waals surface area contributed by atoms with E-state index in [-0.39, 0.29) is 5.92 Å². The Morgan fingerprint density at radius 2 is 1.78 bits per heavy atom. The van der Waals surface area contributed by atoms with E-state index in [1.54, 1.807) is 18.3 Å². The van der Waals surface area contributed by atoms with Crippen molar-refractivity contribution < 1.29 is 19.7 Å². The van der Waals surface area contributed by atoms with E-state index in [0.717, 1.165) is 18.7 Å². The summed E-state index contributed by atoms with van der Waals surface area (Å²) in [5.41, 5.74) is -0.671. The van der Waals surface area contributed by atoms with Crippen molar-refractivity contribution in [1.82, 2.24) is 9.88 Å². The fourth-order valence-electron chi connectivity index (χ4n) is 6.31. The highest BCUT2D eigenvalue weighted by Crippen LogP contribution is 2.69. The molecule has 1 aromatic heterocycles. The molecule has 36 heavy (non-hydrogen) atoms. The first-order valence-corrected chi connectivity index (χ1v) is 12.4. The molecule has 2 aromatic carbocycles. The van der Waals surface area contributed by atoms with Crippen LogP contribution in [0.5, 0.6) is 11.5 Å². The first-order valence-electron chi connectivity index (χ1n) is 12.4. The van der Waals surface area contributed by atoms with E-state index in [1.807, 2.05) is 42.5 Å². The molecule has 2 aliphatic rings. The lowest BCUT2D eigenvalue weighted by molar-refractivity contribution is -0.152. The standard InChI is InChI=1S/C29H31N3O4/c1-4-32(5-2)18-22-25(20-9-7-6-8-10-20)29(21-13-11-19(15-30)12-14-21)28(34,27(22)33)26-23(35-3)16-31-17-24(26)36-29/h6-14,16-17,22,25,27,33-34H,4-5,18H2,1-3H3/t22-,25?,27-,28+,29?/m1/s1. The molecule has 7 nitrogen and oxygen atoms in total. The molecule has 3 aromatic rings. The summed E-state index contributed by atoms with van der Waals surface area (Å²) in [5.74, 6) is -0.0364. The van der Waals surface area contributed by atoms with E-state index in [2.05, 4.69) is 29.8 Å². The molecular weight excluding hydrogens is 454 g/mol. The average Bonchev–Trinajstić information content (AvgIpc) is 3.30. The summed E-state index contributed by atoms with van der Waals surface area (Å²) in [6.07, 6.45) is 1.93. The summed E-state index contributed by atoms with van der Waals surface area (Å²) >= 11 is 0. The van der Waals surface area contributed by atoms with Gasteiger partial charge in [-0.2, -0.15) is 5.26 Å². The van der Waals surface area contributed by atoms with Gasteiger partial charge < -0.3 is 24.6 Å². The third-order valence-corrected chi connectivity index (χ3v) is 7.98. The van der Waals surface area contributed by atoms with Crippen LogP contribution < -0.4 is 9.47 Å². The largest absolute Gasteiger partial charge is 0.495 e. The molecule has 5 rings (SSSR count). The lowest BCUT2D eigenvalue weighted by Gasteiger charge is -2.41. The van der Waals surface area contributed by atoms with E-state index in [0.29, 0.717) is 34.7 Å². The van der Waals surface area contributed by atoms with Gasteiger partial charge in [0.25, 0.3) is 0 Å². The molecule has 0 bridgehead atoms. The van der Waals surface area contributed by atoms with Crippen molar-refractivity contribution in [3.63, 3.8) is 0 Å². The van der Waals surface area contributed by atoms with Crippen LogP contribution in [0.2, 0.25) is 0 Å². The second kappa shape index (κ2) is 9.21. The smallest absolute Gasteiger partial charge is 0.177 e. The van der Waals surface area contributed by atoms with Crippen LogP contribution in [0.3, 0.4) is 0 Å². The lowest BCUT2D eigenvalue weighted by Crippen LogP contribution is -2.52. The molecule has 0 amide bonds. The number of aliphatic hydroxyl groups is 2. The zero-order chi connectivity index (χ0) is 25.5. The third kappa shape index (κ3) is 3.26. The molecule has 1 aliphatic heterocycles.